The minimum atomic E-state index is -0.282. The molecule has 0 aliphatic heterocycles. The lowest BCUT2D eigenvalue weighted by atomic mass is 10.2. The molecule has 3 rings (SSSR count). The summed E-state index contributed by atoms with van der Waals surface area (Å²) in [6.07, 6.45) is 1.61. The number of hydrogen-bond acceptors (Lipinski definition) is 5. The average molecular weight is 343 g/mol. The monoisotopic (exact) mass is 342 g/mol. The van der Waals surface area contributed by atoms with Crippen molar-refractivity contribution in [3.8, 4) is 0 Å². The van der Waals surface area contributed by atoms with Gasteiger partial charge >= 0.3 is 0 Å². The molecule has 2 aromatic heterocycles. The van der Waals surface area contributed by atoms with Crippen LogP contribution in [-0.4, -0.2) is 16.1 Å². The molecule has 122 valence electrons. The zero-order valence-corrected chi connectivity index (χ0v) is 13.5. The predicted octanol–water partition coefficient (Wildman–Crippen LogP) is 3.27. The number of furan rings is 1. The molecule has 0 spiro atoms. The van der Waals surface area contributed by atoms with Gasteiger partial charge in [-0.2, -0.15) is 0 Å². The summed E-state index contributed by atoms with van der Waals surface area (Å²) in [4.78, 5) is 12.1. The molecule has 7 heteroatoms. The van der Waals surface area contributed by atoms with E-state index in [1.54, 1.807) is 30.5 Å². The maximum Gasteiger partial charge on any atom is 0.272 e. The molecule has 0 unspecified atom stereocenters. The van der Waals surface area contributed by atoms with Gasteiger partial charge in [-0.1, -0.05) is 23.7 Å². The first kappa shape index (κ1) is 16.0. The highest BCUT2D eigenvalue weighted by Crippen LogP contribution is 2.10. The molecule has 0 aliphatic rings. The minimum Gasteiger partial charge on any atom is -0.467 e. The summed E-state index contributed by atoms with van der Waals surface area (Å²) in [5.41, 5.74) is 1.21. The normalized spacial score (nSPS) is 10.4. The first-order chi connectivity index (χ1) is 11.7. The minimum absolute atomic E-state index is 0.257. The van der Waals surface area contributed by atoms with E-state index in [0.29, 0.717) is 23.9 Å². The Kier molecular flexibility index (Phi) is 5.08. The molecule has 6 nitrogen and oxygen atoms in total. The van der Waals surface area contributed by atoms with E-state index in [9.17, 15) is 4.79 Å². The summed E-state index contributed by atoms with van der Waals surface area (Å²) >= 11 is 5.83. The van der Waals surface area contributed by atoms with Crippen molar-refractivity contribution in [1.29, 1.82) is 0 Å². The number of aromatic nitrogens is 2. The van der Waals surface area contributed by atoms with Crippen molar-refractivity contribution in [1.82, 2.24) is 15.5 Å². The molecule has 2 heterocycles. The molecular formula is C17H15ClN4O2. The number of amides is 1. The van der Waals surface area contributed by atoms with E-state index < -0.39 is 0 Å². The van der Waals surface area contributed by atoms with Crippen LogP contribution in [0.3, 0.4) is 0 Å². The Hall–Kier alpha value is -2.86. The summed E-state index contributed by atoms with van der Waals surface area (Å²) in [7, 11) is 0. The summed E-state index contributed by atoms with van der Waals surface area (Å²) in [6, 6.07) is 14.3. The van der Waals surface area contributed by atoms with Crippen molar-refractivity contribution in [2.45, 2.75) is 13.1 Å². The van der Waals surface area contributed by atoms with Gasteiger partial charge in [0, 0.05) is 11.6 Å². The van der Waals surface area contributed by atoms with Gasteiger partial charge in [0.25, 0.3) is 5.91 Å². The maximum atomic E-state index is 12.1. The van der Waals surface area contributed by atoms with E-state index >= 15 is 0 Å². The second kappa shape index (κ2) is 7.61. The van der Waals surface area contributed by atoms with Crippen molar-refractivity contribution in [2.75, 3.05) is 5.32 Å². The van der Waals surface area contributed by atoms with Gasteiger partial charge in [-0.25, -0.2) is 0 Å². The van der Waals surface area contributed by atoms with E-state index in [4.69, 9.17) is 16.0 Å². The lowest BCUT2D eigenvalue weighted by molar-refractivity contribution is 0.0945. The zero-order chi connectivity index (χ0) is 16.8. The molecule has 0 radical (unpaired) electrons. The largest absolute Gasteiger partial charge is 0.467 e. The molecule has 2 N–H and O–H groups in total. The first-order valence-electron chi connectivity index (χ1n) is 7.33. The molecule has 1 amide bonds. The third-order valence-electron chi connectivity index (χ3n) is 3.29. The van der Waals surface area contributed by atoms with Gasteiger partial charge in [0.2, 0.25) is 0 Å². The van der Waals surface area contributed by atoms with Gasteiger partial charge in [0.05, 0.1) is 12.8 Å². The molecule has 0 saturated heterocycles. The fourth-order valence-electron chi connectivity index (χ4n) is 2.01. The lowest BCUT2D eigenvalue weighted by Gasteiger charge is -2.06. The summed E-state index contributed by atoms with van der Waals surface area (Å²) in [6.45, 7) is 0.903. The molecule has 3 aromatic rings. The van der Waals surface area contributed by atoms with Crippen LogP contribution in [0.4, 0.5) is 5.82 Å². The smallest absolute Gasteiger partial charge is 0.272 e. The standard InChI is InChI=1S/C17H15ClN4O2/c18-13-5-3-12(4-6-13)10-20-17(23)15-7-8-16(22-21-15)19-11-14-2-1-9-24-14/h1-9H,10-11H2,(H,19,22)(H,20,23). The van der Waals surface area contributed by atoms with Crippen molar-refractivity contribution in [3.05, 3.63) is 76.8 Å². The van der Waals surface area contributed by atoms with Crippen molar-refractivity contribution >= 4 is 23.3 Å². The maximum absolute atomic E-state index is 12.1. The highest BCUT2D eigenvalue weighted by Gasteiger charge is 2.08. The fraction of sp³-hybridized carbons (Fsp3) is 0.118. The molecular weight excluding hydrogens is 328 g/mol. The van der Waals surface area contributed by atoms with Crippen LogP contribution < -0.4 is 10.6 Å². The van der Waals surface area contributed by atoms with E-state index in [-0.39, 0.29) is 11.6 Å². The van der Waals surface area contributed by atoms with Crippen LogP contribution in [0.15, 0.2) is 59.2 Å². The third kappa shape index (κ3) is 4.33. The van der Waals surface area contributed by atoms with E-state index in [0.717, 1.165) is 11.3 Å². The molecule has 24 heavy (non-hydrogen) atoms. The van der Waals surface area contributed by atoms with Gasteiger partial charge in [0.1, 0.15) is 11.6 Å². The number of carbonyl (C=O) groups is 1. The average Bonchev–Trinajstić information content (AvgIpc) is 3.13. The van der Waals surface area contributed by atoms with Gasteiger partial charge in [0.15, 0.2) is 5.69 Å². The van der Waals surface area contributed by atoms with Crippen molar-refractivity contribution in [3.63, 3.8) is 0 Å². The highest BCUT2D eigenvalue weighted by atomic mass is 35.5. The number of nitrogens with one attached hydrogen (secondary N) is 2. The SMILES string of the molecule is O=C(NCc1ccc(Cl)cc1)c1ccc(NCc2ccco2)nn1. The van der Waals surface area contributed by atoms with E-state index in [1.165, 1.54) is 0 Å². The second-order valence-electron chi connectivity index (χ2n) is 5.05. The van der Waals surface area contributed by atoms with Gasteiger partial charge < -0.3 is 15.1 Å². The highest BCUT2D eigenvalue weighted by molar-refractivity contribution is 6.30. The van der Waals surface area contributed by atoms with Crippen LogP contribution in [0.5, 0.6) is 0 Å². The van der Waals surface area contributed by atoms with Crippen LogP contribution in [0, 0.1) is 0 Å². The Balaban J connectivity index is 1.52. The number of benzene rings is 1. The van der Waals surface area contributed by atoms with Crippen molar-refractivity contribution < 1.29 is 9.21 Å². The lowest BCUT2D eigenvalue weighted by Crippen LogP contribution is -2.24. The molecule has 0 fully saturated rings. The van der Waals surface area contributed by atoms with Crippen LogP contribution in [0.2, 0.25) is 5.02 Å². The van der Waals surface area contributed by atoms with Crippen molar-refractivity contribution in [2.24, 2.45) is 0 Å². The Morgan fingerprint density at radius 1 is 1.04 bits per heavy atom. The molecule has 0 bridgehead atoms. The Morgan fingerprint density at radius 2 is 1.88 bits per heavy atom. The number of carbonyl (C=O) groups excluding carboxylic acids is 1. The number of hydrogen-bond donors (Lipinski definition) is 2. The number of halogens is 1. The summed E-state index contributed by atoms with van der Waals surface area (Å²) in [5, 5.41) is 14.4. The van der Waals surface area contributed by atoms with Crippen LogP contribution in [0.1, 0.15) is 21.8 Å². The van der Waals surface area contributed by atoms with Crippen LogP contribution >= 0.6 is 11.6 Å². The fourth-order valence-corrected chi connectivity index (χ4v) is 2.14. The molecule has 1 aromatic carbocycles. The molecule has 0 saturated carbocycles. The second-order valence-corrected chi connectivity index (χ2v) is 5.48. The third-order valence-corrected chi connectivity index (χ3v) is 3.54. The number of rotatable bonds is 6. The first-order valence-corrected chi connectivity index (χ1v) is 7.71. The van der Waals surface area contributed by atoms with E-state index in [2.05, 4.69) is 20.8 Å². The van der Waals surface area contributed by atoms with Crippen LogP contribution in [-0.2, 0) is 13.1 Å². The zero-order valence-electron chi connectivity index (χ0n) is 12.7. The Labute approximate surface area is 143 Å². The summed E-state index contributed by atoms with van der Waals surface area (Å²) < 4.78 is 5.22. The van der Waals surface area contributed by atoms with Gasteiger partial charge in [-0.3, -0.25) is 4.79 Å². The Bertz CT molecular complexity index is 786. The Morgan fingerprint density at radius 3 is 2.54 bits per heavy atom. The molecule has 0 aliphatic carbocycles. The molecule has 0 atom stereocenters. The quantitative estimate of drug-likeness (QED) is 0.718. The van der Waals surface area contributed by atoms with Crippen LogP contribution in [0.25, 0.3) is 0 Å². The van der Waals surface area contributed by atoms with Gasteiger partial charge in [-0.05, 0) is 42.0 Å². The predicted molar refractivity (Wildman–Crippen MR) is 90.7 cm³/mol. The summed E-state index contributed by atoms with van der Waals surface area (Å²) in [5.74, 6) is 1.08. The van der Waals surface area contributed by atoms with Gasteiger partial charge in [-0.15, -0.1) is 10.2 Å². The van der Waals surface area contributed by atoms with E-state index in [1.807, 2.05) is 24.3 Å². The number of anilines is 1. The number of nitrogens with zero attached hydrogens (tertiary/aromatic N) is 2. The topological polar surface area (TPSA) is 80.0 Å².